The molecule has 1 aromatic heterocycles. The van der Waals surface area contributed by atoms with Gasteiger partial charge in [0, 0.05) is 34.8 Å². The molecule has 0 aliphatic heterocycles. The monoisotopic (exact) mass is 400 g/mol. The van der Waals surface area contributed by atoms with Crippen LogP contribution in [-0.2, 0) is 13.6 Å². The fourth-order valence-electron chi connectivity index (χ4n) is 1.70. The van der Waals surface area contributed by atoms with Gasteiger partial charge in [-0.15, -0.1) is 0 Å². The number of halogens is 2. The van der Waals surface area contributed by atoms with Gasteiger partial charge in [-0.05, 0) is 34.1 Å². The van der Waals surface area contributed by atoms with Gasteiger partial charge in [-0.2, -0.15) is 5.10 Å². The minimum Gasteiger partial charge on any atom is -0.323 e. The van der Waals surface area contributed by atoms with E-state index in [1.165, 1.54) is 0 Å². The van der Waals surface area contributed by atoms with Crippen LogP contribution in [0.4, 0.5) is 10.5 Å². The molecule has 1 N–H and O–H groups in total. The molecular formula is C13H14Br2N4O. The molecule has 0 saturated heterocycles. The summed E-state index contributed by atoms with van der Waals surface area (Å²) < 4.78 is 3.46. The van der Waals surface area contributed by atoms with E-state index in [4.69, 9.17) is 0 Å². The highest BCUT2D eigenvalue weighted by Gasteiger charge is 2.12. The Hall–Kier alpha value is -1.34. The molecule has 0 radical (unpaired) electrons. The SMILES string of the molecule is CN(Cc1cnn(C)c1)C(=O)Nc1cc(Br)ccc1Br. The van der Waals surface area contributed by atoms with Crippen LogP contribution in [0.5, 0.6) is 0 Å². The normalized spacial score (nSPS) is 10.4. The van der Waals surface area contributed by atoms with Crippen molar-refractivity contribution in [2.45, 2.75) is 6.54 Å². The molecule has 5 nitrogen and oxygen atoms in total. The van der Waals surface area contributed by atoms with Gasteiger partial charge in [0.2, 0.25) is 0 Å². The van der Waals surface area contributed by atoms with Crippen molar-refractivity contribution in [3.05, 3.63) is 45.1 Å². The van der Waals surface area contributed by atoms with Crippen molar-refractivity contribution in [3.8, 4) is 0 Å². The van der Waals surface area contributed by atoms with Crippen LogP contribution in [0, 0.1) is 0 Å². The Morgan fingerprint density at radius 1 is 1.45 bits per heavy atom. The van der Waals surface area contributed by atoms with Crippen LogP contribution in [0.15, 0.2) is 39.5 Å². The Balaban J connectivity index is 2.02. The van der Waals surface area contributed by atoms with Gasteiger partial charge >= 0.3 is 6.03 Å². The lowest BCUT2D eigenvalue weighted by atomic mass is 10.3. The summed E-state index contributed by atoms with van der Waals surface area (Å²) in [5, 5.41) is 6.94. The van der Waals surface area contributed by atoms with Gasteiger partial charge in [-0.3, -0.25) is 4.68 Å². The Morgan fingerprint density at radius 2 is 2.20 bits per heavy atom. The van der Waals surface area contributed by atoms with Crippen LogP contribution >= 0.6 is 31.9 Å². The van der Waals surface area contributed by atoms with Crippen LogP contribution in [0.3, 0.4) is 0 Å². The molecule has 0 fully saturated rings. The molecule has 1 heterocycles. The summed E-state index contributed by atoms with van der Waals surface area (Å²) in [6.07, 6.45) is 3.64. The number of nitrogens with zero attached hydrogens (tertiary/aromatic N) is 3. The maximum Gasteiger partial charge on any atom is 0.321 e. The van der Waals surface area contributed by atoms with Gasteiger partial charge in [0.05, 0.1) is 18.4 Å². The summed E-state index contributed by atoms with van der Waals surface area (Å²) in [6.45, 7) is 0.505. The lowest BCUT2D eigenvalue weighted by Gasteiger charge is -2.17. The fraction of sp³-hybridized carbons (Fsp3) is 0.231. The van der Waals surface area contributed by atoms with Gasteiger partial charge in [0.1, 0.15) is 0 Å². The minimum atomic E-state index is -0.173. The molecule has 2 amide bonds. The summed E-state index contributed by atoms with van der Waals surface area (Å²) in [7, 11) is 3.59. The van der Waals surface area contributed by atoms with Gasteiger partial charge < -0.3 is 10.2 Å². The third-order valence-electron chi connectivity index (χ3n) is 2.69. The van der Waals surface area contributed by atoms with E-state index in [0.717, 1.165) is 20.2 Å². The molecule has 1 aromatic carbocycles. The van der Waals surface area contributed by atoms with Crippen LogP contribution in [0.2, 0.25) is 0 Å². The Morgan fingerprint density at radius 3 is 2.85 bits per heavy atom. The average Bonchev–Trinajstić information content (AvgIpc) is 2.79. The van der Waals surface area contributed by atoms with Crippen molar-refractivity contribution in [2.75, 3.05) is 12.4 Å². The minimum absolute atomic E-state index is 0.173. The van der Waals surface area contributed by atoms with Crippen molar-refractivity contribution in [3.63, 3.8) is 0 Å². The topological polar surface area (TPSA) is 50.2 Å². The first kappa shape index (κ1) is 15.1. The number of rotatable bonds is 3. The molecule has 2 rings (SSSR count). The molecule has 20 heavy (non-hydrogen) atoms. The summed E-state index contributed by atoms with van der Waals surface area (Å²) in [5.74, 6) is 0. The number of benzene rings is 1. The number of carbonyl (C=O) groups excluding carboxylic acids is 1. The standard InChI is InChI=1S/C13H14Br2N4O/c1-18(7-9-6-16-19(2)8-9)13(20)17-12-5-10(14)3-4-11(12)15/h3-6,8H,7H2,1-2H3,(H,17,20). The van der Waals surface area contributed by atoms with Crippen LogP contribution in [-0.4, -0.2) is 27.8 Å². The highest BCUT2D eigenvalue weighted by Crippen LogP contribution is 2.26. The van der Waals surface area contributed by atoms with Crippen molar-refractivity contribution in [2.24, 2.45) is 7.05 Å². The van der Waals surface area contributed by atoms with Crippen LogP contribution < -0.4 is 5.32 Å². The number of hydrogen-bond acceptors (Lipinski definition) is 2. The first-order valence-corrected chi connectivity index (χ1v) is 7.49. The molecule has 7 heteroatoms. The van der Waals surface area contributed by atoms with E-state index in [-0.39, 0.29) is 6.03 Å². The first-order valence-electron chi connectivity index (χ1n) is 5.90. The number of hydrogen-bond donors (Lipinski definition) is 1. The second-order valence-electron chi connectivity index (χ2n) is 4.43. The van der Waals surface area contributed by atoms with Crippen molar-refractivity contribution in [1.82, 2.24) is 14.7 Å². The summed E-state index contributed by atoms with van der Waals surface area (Å²) in [4.78, 5) is 13.7. The molecule has 0 aliphatic carbocycles. The van der Waals surface area contributed by atoms with E-state index in [0.29, 0.717) is 6.54 Å². The number of anilines is 1. The van der Waals surface area contributed by atoms with E-state index in [2.05, 4.69) is 42.3 Å². The number of carbonyl (C=O) groups is 1. The summed E-state index contributed by atoms with van der Waals surface area (Å²) in [5.41, 5.74) is 1.71. The maximum atomic E-state index is 12.1. The van der Waals surface area contributed by atoms with Gasteiger partial charge in [-0.1, -0.05) is 15.9 Å². The van der Waals surface area contributed by atoms with E-state index in [9.17, 15) is 4.79 Å². The average molecular weight is 402 g/mol. The molecule has 0 aliphatic rings. The lowest BCUT2D eigenvalue weighted by molar-refractivity contribution is 0.220. The molecule has 0 unspecified atom stereocenters. The van der Waals surface area contributed by atoms with E-state index in [1.54, 1.807) is 22.8 Å². The second-order valence-corrected chi connectivity index (χ2v) is 6.20. The van der Waals surface area contributed by atoms with Gasteiger partial charge in [0.15, 0.2) is 0 Å². The van der Waals surface area contributed by atoms with Crippen molar-refractivity contribution < 1.29 is 4.79 Å². The number of amides is 2. The highest BCUT2D eigenvalue weighted by atomic mass is 79.9. The summed E-state index contributed by atoms with van der Waals surface area (Å²) >= 11 is 6.79. The number of urea groups is 1. The third kappa shape index (κ3) is 3.83. The van der Waals surface area contributed by atoms with E-state index in [1.807, 2.05) is 31.4 Å². The summed E-state index contributed by atoms with van der Waals surface area (Å²) in [6, 6.07) is 5.45. The Labute approximate surface area is 134 Å². The first-order chi connectivity index (χ1) is 9.45. The highest BCUT2D eigenvalue weighted by molar-refractivity contribution is 9.11. The zero-order chi connectivity index (χ0) is 14.7. The maximum absolute atomic E-state index is 12.1. The molecule has 106 valence electrons. The van der Waals surface area contributed by atoms with Crippen LogP contribution in [0.1, 0.15) is 5.56 Å². The number of nitrogens with one attached hydrogen (secondary N) is 1. The van der Waals surface area contributed by atoms with Crippen molar-refractivity contribution in [1.29, 1.82) is 0 Å². The fourth-order valence-corrected chi connectivity index (χ4v) is 2.41. The molecule has 0 spiro atoms. The number of aromatic nitrogens is 2. The molecule has 0 saturated carbocycles. The Kier molecular flexibility index (Phi) is 4.82. The molecule has 0 bridgehead atoms. The second kappa shape index (κ2) is 6.41. The molecule has 0 atom stereocenters. The molecular weight excluding hydrogens is 388 g/mol. The quantitative estimate of drug-likeness (QED) is 0.853. The lowest BCUT2D eigenvalue weighted by Crippen LogP contribution is -2.30. The smallest absolute Gasteiger partial charge is 0.321 e. The Bertz CT molecular complexity index is 627. The van der Waals surface area contributed by atoms with Crippen molar-refractivity contribution >= 4 is 43.6 Å². The largest absolute Gasteiger partial charge is 0.323 e. The van der Waals surface area contributed by atoms with E-state index < -0.39 is 0 Å². The zero-order valence-corrected chi connectivity index (χ0v) is 14.3. The molecule has 2 aromatic rings. The number of aryl methyl sites for hydroxylation is 1. The van der Waals surface area contributed by atoms with E-state index >= 15 is 0 Å². The van der Waals surface area contributed by atoms with Crippen LogP contribution in [0.25, 0.3) is 0 Å². The van der Waals surface area contributed by atoms with Gasteiger partial charge in [-0.25, -0.2) is 4.79 Å². The zero-order valence-electron chi connectivity index (χ0n) is 11.1. The predicted molar refractivity (Wildman–Crippen MR) is 85.5 cm³/mol. The van der Waals surface area contributed by atoms with Gasteiger partial charge in [0.25, 0.3) is 0 Å². The third-order valence-corrected chi connectivity index (χ3v) is 3.88. The predicted octanol–water partition coefficient (Wildman–Crippen LogP) is 3.61.